The van der Waals surface area contributed by atoms with Crippen LogP contribution in [0, 0.1) is 0 Å². The minimum atomic E-state index is -3.18. The van der Waals surface area contributed by atoms with Gasteiger partial charge in [-0.05, 0) is 6.42 Å². The number of carbonyl (C=O) groups is 3. The molecule has 9 heteroatoms. The first-order chi connectivity index (χ1) is 12.4. The molecule has 138 valence electrons. The second-order valence-corrected chi connectivity index (χ2v) is 8.44. The van der Waals surface area contributed by atoms with Crippen LogP contribution in [-0.2, 0) is 24.2 Å². The predicted molar refractivity (Wildman–Crippen MR) is 92.3 cm³/mol. The van der Waals surface area contributed by atoms with Crippen LogP contribution in [0.3, 0.4) is 0 Å². The highest BCUT2D eigenvalue weighted by atomic mass is 32.2. The lowest BCUT2D eigenvalue weighted by Gasteiger charge is -2.27. The molecule has 0 aromatic heterocycles. The fourth-order valence-corrected chi connectivity index (χ4v) is 4.59. The molecule has 8 nitrogen and oxygen atoms in total. The Bertz CT molecular complexity index is 862. The van der Waals surface area contributed by atoms with E-state index in [0.717, 1.165) is 5.01 Å². The number of hydrogen-bond acceptors (Lipinski definition) is 7. The van der Waals surface area contributed by atoms with Crippen molar-refractivity contribution in [3.63, 3.8) is 0 Å². The molecule has 1 saturated heterocycles. The molecule has 0 N–H and O–H groups in total. The minimum Gasteiger partial charge on any atom is -0.453 e. The summed E-state index contributed by atoms with van der Waals surface area (Å²) in [6.07, 6.45) is 0.455. The highest BCUT2D eigenvalue weighted by molar-refractivity contribution is 7.91. The summed E-state index contributed by atoms with van der Waals surface area (Å²) in [6, 6.07) is 7.87. The lowest BCUT2D eigenvalue weighted by Crippen LogP contribution is -2.42. The van der Waals surface area contributed by atoms with Gasteiger partial charge < -0.3 is 4.74 Å². The molecule has 1 amide bonds. The maximum Gasteiger partial charge on any atom is 0.354 e. The largest absolute Gasteiger partial charge is 0.453 e. The van der Waals surface area contributed by atoms with Gasteiger partial charge in [-0.3, -0.25) is 9.59 Å². The van der Waals surface area contributed by atoms with Crippen molar-refractivity contribution in [2.24, 2.45) is 5.10 Å². The van der Waals surface area contributed by atoms with Crippen LogP contribution >= 0.6 is 0 Å². The van der Waals surface area contributed by atoms with Gasteiger partial charge in [-0.1, -0.05) is 30.3 Å². The minimum absolute atomic E-state index is 0.00231. The van der Waals surface area contributed by atoms with Crippen LogP contribution in [0.1, 0.15) is 29.6 Å². The number of esters is 1. The van der Waals surface area contributed by atoms with Crippen molar-refractivity contribution < 1.29 is 27.5 Å². The second-order valence-electron chi connectivity index (χ2n) is 6.21. The molecular formula is C17H18N2O6S. The van der Waals surface area contributed by atoms with E-state index in [0.29, 0.717) is 12.0 Å². The first-order valence-corrected chi connectivity index (χ1v) is 10.0. The number of sulfone groups is 1. The molecule has 0 saturated carbocycles. The number of hydrogen-bond donors (Lipinski definition) is 0. The topological polar surface area (TPSA) is 110 Å². The van der Waals surface area contributed by atoms with E-state index in [1.54, 1.807) is 30.3 Å². The molecule has 26 heavy (non-hydrogen) atoms. The molecule has 1 fully saturated rings. The van der Waals surface area contributed by atoms with Crippen molar-refractivity contribution in [2.45, 2.75) is 25.3 Å². The van der Waals surface area contributed by atoms with E-state index in [1.165, 1.54) is 0 Å². The predicted octanol–water partition coefficient (Wildman–Crippen LogP) is 0.578. The second kappa shape index (κ2) is 7.36. The Kier molecular flexibility index (Phi) is 5.17. The van der Waals surface area contributed by atoms with Crippen LogP contribution in [-0.4, -0.2) is 61.0 Å². The van der Waals surface area contributed by atoms with Crippen LogP contribution in [0.4, 0.5) is 0 Å². The van der Waals surface area contributed by atoms with Crippen LogP contribution in [0.25, 0.3) is 0 Å². The van der Waals surface area contributed by atoms with Crippen molar-refractivity contribution in [2.75, 3.05) is 18.1 Å². The molecule has 1 atom stereocenters. The summed E-state index contributed by atoms with van der Waals surface area (Å²) in [5.74, 6) is -1.58. The smallest absolute Gasteiger partial charge is 0.354 e. The van der Waals surface area contributed by atoms with Gasteiger partial charge in [-0.15, -0.1) is 0 Å². The van der Waals surface area contributed by atoms with Gasteiger partial charge in [0.15, 0.2) is 22.2 Å². The monoisotopic (exact) mass is 378 g/mol. The van der Waals surface area contributed by atoms with E-state index in [-0.39, 0.29) is 41.7 Å². The van der Waals surface area contributed by atoms with Crippen LogP contribution in [0.5, 0.6) is 0 Å². The molecule has 0 bridgehead atoms. The van der Waals surface area contributed by atoms with Gasteiger partial charge in [-0.25, -0.2) is 18.2 Å². The van der Waals surface area contributed by atoms with Gasteiger partial charge in [0.2, 0.25) is 5.91 Å². The third kappa shape index (κ3) is 4.16. The van der Waals surface area contributed by atoms with Gasteiger partial charge in [0.25, 0.3) is 0 Å². The Morgan fingerprint density at radius 1 is 1.19 bits per heavy atom. The van der Waals surface area contributed by atoms with Crippen molar-refractivity contribution in [3.8, 4) is 0 Å². The third-order valence-electron chi connectivity index (χ3n) is 4.28. The van der Waals surface area contributed by atoms with E-state index in [2.05, 4.69) is 5.10 Å². The van der Waals surface area contributed by atoms with Crippen LogP contribution < -0.4 is 0 Å². The Labute approximate surface area is 150 Å². The Hall–Kier alpha value is -2.55. The zero-order valence-corrected chi connectivity index (χ0v) is 14.8. The van der Waals surface area contributed by atoms with Crippen molar-refractivity contribution in [1.29, 1.82) is 0 Å². The van der Waals surface area contributed by atoms with Crippen LogP contribution in [0.2, 0.25) is 0 Å². The molecule has 2 aliphatic heterocycles. The van der Waals surface area contributed by atoms with Gasteiger partial charge in [0.1, 0.15) is 5.71 Å². The number of ether oxygens (including phenoxy) is 1. The quantitative estimate of drug-likeness (QED) is 0.547. The van der Waals surface area contributed by atoms with E-state index in [1.807, 2.05) is 0 Å². The molecule has 0 unspecified atom stereocenters. The zero-order valence-electron chi connectivity index (χ0n) is 14.0. The standard InChI is InChI=1S/C17H18N2O6S/c20-15(12-4-2-1-3-5-12)10-25-17(22)14-6-7-16(21)19(18-14)13-8-9-26(23,24)11-13/h1-5,13H,6-11H2/t13-/m0/s1. The summed E-state index contributed by atoms with van der Waals surface area (Å²) < 4.78 is 28.2. The van der Waals surface area contributed by atoms with Crippen molar-refractivity contribution in [3.05, 3.63) is 35.9 Å². The molecule has 0 aliphatic carbocycles. The fraction of sp³-hybridized carbons (Fsp3) is 0.412. The fourth-order valence-electron chi connectivity index (χ4n) is 2.89. The van der Waals surface area contributed by atoms with Gasteiger partial charge >= 0.3 is 5.97 Å². The summed E-state index contributed by atoms with van der Waals surface area (Å²) in [4.78, 5) is 36.2. The lowest BCUT2D eigenvalue weighted by atomic mass is 10.1. The normalized spacial score (nSPS) is 22.0. The highest BCUT2D eigenvalue weighted by Crippen LogP contribution is 2.22. The molecule has 0 radical (unpaired) electrons. The molecule has 3 rings (SSSR count). The number of nitrogens with zero attached hydrogens (tertiary/aromatic N) is 2. The number of benzene rings is 1. The van der Waals surface area contributed by atoms with Gasteiger partial charge in [0, 0.05) is 18.4 Å². The van der Waals surface area contributed by atoms with E-state index in [4.69, 9.17) is 4.74 Å². The highest BCUT2D eigenvalue weighted by Gasteiger charge is 2.37. The van der Waals surface area contributed by atoms with E-state index in [9.17, 15) is 22.8 Å². The molecule has 1 aromatic rings. The third-order valence-corrected chi connectivity index (χ3v) is 6.03. The summed E-state index contributed by atoms with van der Waals surface area (Å²) in [5.41, 5.74) is 0.452. The summed E-state index contributed by atoms with van der Waals surface area (Å²) in [5, 5.41) is 5.10. The summed E-state index contributed by atoms with van der Waals surface area (Å²) in [7, 11) is -3.18. The number of rotatable bonds is 5. The Morgan fingerprint density at radius 3 is 2.58 bits per heavy atom. The van der Waals surface area contributed by atoms with Gasteiger partial charge in [0.05, 0.1) is 17.5 Å². The molecule has 1 aromatic carbocycles. The SMILES string of the molecule is O=C(OCC(=O)c1ccccc1)C1=NN([C@H]2CCS(=O)(=O)C2)C(=O)CC1. The Balaban J connectivity index is 1.64. The average molecular weight is 378 g/mol. The molecule has 0 spiro atoms. The summed E-state index contributed by atoms with van der Waals surface area (Å²) >= 11 is 0. The molecule has 2 aliphatic rings. The van der Waals surface area contributed by atoms with Crippen molar-refractivity contribution >= 4 is 33.2 Å². The van der Waals surface area contributed by atoms with E-state index >= 15 is 0 Å². The van der Waals surface area contributed by atoms with E-state index < -0.39 is 28.5 Å². The number of amides is 1. The van der Waals surface area contributed by atoms with Crippen LogP contribution in [0.15, 0.2) is 35.4 Å². The first kappa shape index (κ1) is 18.2. The maximum atomic E-state index is 12.2. The lowest BCUT2D eigenvalue weighted by molar-refractivity contribution is -0.136. The molecule has 2 heterocycles. The number of hydrazone groups is 1. The van der Waals surface area contributed by atoms with Gasteiger partial charge in [-0.2, -0.15) is 5.10 Å². The summed E-state index contributed by atoms with van der Waals surface area (Å²) in [6.45, 7) is -0.423. The maximum absolute atomic E-state index is 12.2. The molecular weight excluding hydrogens is 360 g/mol. The average Bonchev–Trinajstić information content (AvgIpc) is 3.00. The van der Waals surface area contributed by atoms with Crippen molar-refractivity contribution in [1.82, 2.24) is 5.01 Å². The zero-order chi connectivity index (χ0) is 18.7. The number of ketones is 1. The first-order valence-electron chi connectivity index (χ1n) is 8.21. The number of Topliss-reactive ketones (excluding diaryl/α,β-unsaturated/α-hetero) is 1. The number of carbonyl (C=O) groups excluding carboxylic acids is 3. The Morgan fingerprint density at radius 2 is 1.92 bits per heavy atom.